The summed E-state index contributed by atoms with van der Waals surface area (Å²) in [5, 5.41) is 0. The zero-order valence-corrected chi connectivity index (χ0v) is 15.0. The summed E-state index contributed by atoms with van der Waals surface area (Å²) in [6, 6.07) is 11.4. The second kappa shape index (κ2) is 7.43. The molecule has 26 heavy (non-hydrogen) atoms. The van der Waals surface area contributed by atoms with Gasteiger partial charge in [0.25, 0.3) is 5.91 Å². The Kier molecular flexibility index (Phi) is 5.24. The predicted octanol–water partition coefficient (Wildman–Crippen LogP) is 1.94. The maximum Gasteiger partial charge on any atom is 0.253 e. The van der Waals surface area contributed by atoms with Gasteiger partial charge in [0.05, 0.1) is 4.90 Å². The van der Waals surface area contributed by atoms with Crippen LogP contribution in [0.5, 0.6) is 0 Å². The molecule has 2 aromatic carbocycles. The number of nitrogen functional groups attached to an aromatic ring is 1. The third-order valence-corrected chi connectivity index (χ3v) is 6.26. The van der Waals surface area contributed by atoms with Gasteiger partial charge >= 0.3 is 0 Å². The quantitative estimate of drug-likeness (QED) is 0.829. The molecular formula is C18H20FN3O3S. The first-order valence-electron chi connectivity index (χ1n) is 8.28. The van der Waals surface area contributed by atoms with Gasteiger partial charge in [0.2, 0.25) is 10.0 Å². The fourth-order valence-corrected chi connectivity index (χ4v) is 4.37. The van der Waals surface area contributed by atoms with Crippen LogP contribution in [0.2, 0.25) is 0 Å². The Labute approximate surface area is 152 Å². The van der Waals surface area contributed by atoms with Gasteiger partial charge in [-0.1, -0.05) is 0 Å². The summed E-state index contributed by atoms with van der Waals surface area (Å²) in [7, 11) is -3.71. The third-order valence-electron chi connectivity index (χ3n) is 4.35. The van der Waals surface area contributed by atoms with Gasteiger partial charge in [-0.15, -0.1) is 0 Å². The van der Waals surface area contributed by atoms with Gasteiger partial charge in [-0.2, -0.15) is 4.31 Å². The van der Waals surface area contributed by atoms with Crippen molar-refractivity contribution < 1.29 is 17.6 Å². The molecule has 0 unspecified atom stereocenters. The topological polar surface area (TPSA) is 83.7 Å². The molecule has 1 amide bonds. The van der Waals surface area contributed by atoms with E-state index in [0.717, 1.165) is 12.1 Å². The van der Waals surface area contributed by atoms with E-state index in [-0.39, 0.29) is 17.3 Å². The molecule has 1 heterocycles. The van der Waals surface area contributed by atoms with Gasteiger partial charge in [-0.05, 0) is 55.0 Å². The van der Waals surface area contributed by atoms with Crippen LogP contribution >= 0.6 is 0 Å². The first-order valence-corrected chi connectivity index (χ1v) is 9.72. The van der Waals surface area contributed by atoms with E-state index in [1.54, 1.807) is 29.2 Å². The Morgan fingerprint density at radius 3 is 2.23 bits per heavy atom. The lowest BCUT2D eigenvalue weighted by Gasteiger charge is -2.22. The van der Waals surface area contributed by atoms with E-state index in [1.165, 1.54) is 16.4 Å². The molecule has 1 aliphatic heterocycles. The number of carbonyl (C=O) groups is 1. The number of hydrogen-bond acceptors (Lipinski definition) is 4. The van der Waals surface area contributed by atoms with Crippen molar-refractivity contribution in [2.24, 2.45) is 0 Å². The SMILES string of the molecule is Nc1ccc(C(=O)N2CCCN(S(=O)(=O)c3ccc(F)cc3)CC2)cc1. The summed E-state index contributed by atoms with van der Waals surface area (Å²) < 4.78 is 39.8. The molecular weight excluding hydrogens is 357 g/mol. The van der Waals surface area contributed by atoms with Crippen molar-refractivity contribution in [1.29, 1.82) is 0 Å². The highest BCUT2D eigenvalue weighted by atomic mass is 32.2. The predicted molar refractivity (Wildman–Crippen MR) is 96.5 cm³/mol. The second-order valence-electron chi connectivity index (χ2n) is 6.13. The van der Waals surface area contributed by atoms with Gasteiger partial charge in [0.15, 0.2) is 0 Å². The molecule has 8 heteroatoms. The number of carbonyl (C=O) groups excluding carboxylic acids is 1. The zero-order chi connectivity index (χ0) is 18.7. The molecule has 3 rings (SSSR count). The number of anilines is 1. The molecule has 1 fully saturated rings. The maximum atomic E-state index is 13.0. The van der Waals surface area contributed by atoms with Gasteiger partial charge in [0.1, 0.15) is 5.82 Å². The molecule has 0 spiro atoms. The Bertz CT molecular complexity index is 883. The summed E-state index contributed by atoms with van der Waals surface area (Å²) in [5.41, 5.74) is 6.74. The molecule has 0 atom stereocenters. The number of nitrogens with two attached hydrogens (primary N) is 1. The first kappa shape index (κ1) is 18.3. The lowest BCUT2D eigenvalue weighted by Crippen LogP contribution is -2.37. The van der Waals surface area contributed by atoms with Crippen LogP contribution in [0.25, 0.3) is 0 Å². The summed E-state index contributed by atoms with van der Waals surface area (Å²) >= 11 is 0. The van der Waals surface area contributed by atoms with Crippen LogP contribution < -0.4 is 5.73 Å². The van der Waals surface area contributed by atoms with Gasteiger partial charge in [-0.25, -0.2) is 12.8 Å². The summed E-state index contributed by atoms with van der Waals surface area (Å²) in [5.74, 6) is -0.633. The lowest BCUT2D eigenvalue weighted by atomic mass is 10.2. The van der Waals surface area contributed by atoms with Crippen molar-refractivity contribution in [3.05, 3.63) is 59.9 Å². The Morgan fingerprint density at radius 1 is 0.923 bits per heavy atom. The molecule has 1 saturated heterocycles. The Hall–Kier alpha value is -2.45. The smallest absolute Gasteiger partial charge is 0.253 e. The summed E-state index contributed by atoms with van der Waals surface area (Å²) in [6.07, 6.45) is 0.529. The summed E-state index contributed by atoms with van der Waals surface area (Å²) in [4.78, 5) is 14.3. The minimum absolute atomic E-state index is 0.0530. The number of nitrogens with zero attached hydrogens (tertiary/aromatic N) is 2. The van der Waals surface area contributed by atoms with Gasteiger partial charge in [-0.3, -0.25) is 4.79 Å². The van der Waals surface area contributed by atoms with E-state index in [2.05, 4.69) is 0 Å². The second-order valence-corrected chi connectivity index (χ2v) is 8.06. The molecule has 2 N–H and O–H groups in total. The average molecular weight is 377 g/mol. The number of amides is 1. The number of halogens is 1. The molecule has 0 aromatic heterocycles. The molecule has 0 bridgehead atoms. The molecule has 6 nitrogen and oxygen atoms in total. The summed E-state index contributed by atoms with van der Waals surface area (Å²) in [6.45, 7) is 1.27. The zero-order valence-electron chi connectivity index (χ0n) is 14.1. The van der Waals surface area contributed by atoms with E-state index >= 15 is 0 Å². The Balaban J connectivity index is 1.72. The van der Waals surface area contributed by atoms with Crippen LogP contribution in [-0.4, -0.2) is 49.7 Å². The monoisotopic (exact) mass is 377 g/mol. The van der Waals surface area contributed by atoms with Gasteiger partial charge < -0.3 is 10.6 Å². The third kappa shape index (κ3) is 3.86. The van der Waals surface area contributed by atoms with Crippen molar-refractivity contribution in [1.82, 2.24) is 9.21 Å². The largest absolute Gasteiger partial charge is 0.399 e. The van der Waals surface area contributed by atoms with Crippen molar-refractivity contribution >= 4 is 21.6 Å². The van der Waals surface area contributed by atoms with E-state index in [0.29, 0.717) is 37.3 Å². The van der Waals surface area contributed by atoms with E-state index < -0.39 is 15.8 Å². The van der Waals surface area contributed by atoms with E-state index in [4.69, 9.17) is 5.73 Å². The minimum Gasteiger partial charge on any atom is -0.399 e. The standard InChI is InChI=1S/C18H20FN3O3S/c19-15-4-8-17(9-5-15)26(24,25)22-11-1-10-21(12-13-22)18(23)14-2-6-16(20)7-3-14/h2-9H,1,10-13,20H2. The molecule has 0 saturated carbocycles. The minimum atomic E-state index is -3.71. The van der Waals surface area contributed by atoms with Crippen molar-refractivity contribution in [3.8, 4) is 0 Å². The van der Waals surface area contributed by atoms with E-state index in [1.807, 2.05) is 0 Å². The maximum absolute atomic E-state index is 13.0. The number of hydrogen-bond donors (Lipinski definition) is 1. The van der Waals surface area contributed by atoms with Crippen LogP contribution in [0.15, 0.2) is 53.4 Å². The molecule has 138 valence electrons. The highest BCUT2D eigenvalue weighted by Crippen LogP contribution is 2.19. The Morgan fingerprint density at radius 2 is 1.58 bits per heavy atom. The van der Waals surface area contributed by atoms with Crippen LogP contribution in [0.3, 0.4) is 0 Å². The average Bonchev–Trinajstić information content (AvgIpc) is 2.89. The molecule has 0 aliphatic carbocycles. The van der Waals surface area contributed by atoms with Crippen LogP contribution in [-0.2, 0) is 10.0 Å². The van der Waals surface area contributed by atoms with E-state index in [9.17, 15) is 17.6 Å². The fraction of sp³-hybridized carbons (Fsp3) is 0.278. The van der Waals surface area contributed by atoms with Crippen LogP contribution in [0.4, 0.5) is 10.1 Å². The number of benzene rings is 2. The van der Waals surface area contributed by atoms with Crippen molar-refractivity contribution in [2.75, 3.05) is 31.9 Å². The normalized spacial score (nSPS) is 16.3. The highest BCUT2D eigenvalue weighted by molar-refractivity contribution is 7.89. The number of sulfonamides is 1. The number of rotatable bonds is 3. The lowest BCUT2D eigenvalue weighted by molar-refractivity contribution is 0.0764. The molecule has 2 aromatic rings. The van der Waals surface area contributed by atoms with Crippen molar-refractivity contribution in [3.63, 3.8) is 0 Å². The van der Waals surface area contributed by atoms with Gasteiger partial charge in [0, 0.05) is 37.4 Å². The van der Waals surface area contributed by atoms with Crippen LogP contribution in [0, 0.1) is 5.82 Å². The van der Waals surface area contributed by atoms with Crippen molar-refractivity contribution in [2.45, 2.75) is 11.3 Å². The first-order chi connectivity index (χ1) is 12.4. The fourth-order valence-electron chi connectivity index (χ4n) is 2.90. The molecule has 1 aliphatic rings. The highest BCUT2D eigenvalue weighted by Gasteiger charge is 2.28. The molecule has 0 radical (unpaired) electrons. The van der Waals surface area contributed by atoms with Crippen LogP contribution in [0.1, 0.15) is 16.8 Å².